The molecule has 0 aliphatic heterocycles. The maximum absolute atomic E-state index is 7.07. The minimum absolute atomic E-state index is 0.585. The number of rotatable bonds is 5. The Bertz CT molecular complexity index is 3500. The molecule has 3 heterocycles. The number of aromatic nitrogens is 4. The van der Waals surface area contributed by atoms with Gasteiger partial charge in [0.05, 0.1) is 16.7 Å². The van der Waals surface area contributed by atoms with Gasteiger partial charge in [0.25, 0.3) is 0 Å². The lowest BCUT2D eigenvalue weighted by molar-refractivity contribution is 0.666. The van der Waals surface area contributed by atoms with Crippen molar-refractivity contribution >= 4 is 65.3 Å². The Hall–Kier alpha value is -7.89. The first-order valence-corrected chi connectivity index (χ1v) is 19.5. The summed E-state index contributed by atoms with van der Waals surface area (Å²) in [4.78, 5) is 15.3. The Morgan fingerprint density at radius 2 is 0.948 bits per heavy atom. The van der Waals surface area contributed by atoms with Gasteiger partial charge >= 0.3 is 0 Å². The van der Waals surface area contributed by atoms with Gasteiger partial charge in [0.1, 0.15) is 5.58 Å². The second-order valence-corrected chi connectivity index (χ2v) is 14.8. The molecule has 9 aromatic carbocycles. The van der Waals surface area contributed by atoms with Gasteiger partial charge in [-0.25, -0.2) is 15.0 Å². The number of benzene rings is 9. The molecule has 12 rings (SSSR count). The summed E-state index contributed by atoms with van der Waals surface area (Å²) < 4.78 is 9.46. The van der Waals surface area contributed by atoms with Crippen molar-refractivity contribution < 1.29 is 4.42 Å². The van der Waals surface area contributed by atoms with E-state index in [4.69, 9.17) is 19.4 Å². The summed E-state index contributed by atoms with van der Waals surface area (Å²) in [5.74, 6) is 1.81. The van der Waals surface area contributed by atoms with Gasteiger partial charge in [-0.05, 0) is 63.0 Å². The van der Waals surface area contributed by atoms with Crippen molar-refractivity contribution in [2.45, 2.75) is 0 Å². The van der Waals surface area contributed by atoms with Crippen LogP contribution in [0, 0.1) is 0 Å². The lowest BCUT2D eigenvalue weighted by Gasteiger charge is -2.13. The first-order valence-electron chi connectivity index (χ1n) is 19.5. The predicted octanol–water partition coefficient (Wildman–Crippen LogP) is 13.8. The molecule has 0 aliphatic carbocycles. The molecule has 5 heteroatoms. The molecule has 0 atom stereocenters. The van der Waals surface area contributed by atoms with E-state index in [1.165, 1.54) is 32.3 Å². The van der Waals surface area contributed by atoms with Gasteiger partial charge in [0.15, 0.2) is 23.1 Å². The zero-order chi connectivity index (χ0) is 38.2. The fraction of sp³-hybridized carbons (Fsp3) is 0. The molecule has 58 heavy (non-hydrogen) atoms. The second kappa shape index (κ2) is 12.8. The Labute approximate surface area is 333 Å². The van der Waals surface area contributed by atoms with E-state index in [2.05, 4.69) is 132 Å². The van der Waals surface area contributed by atoms with Crippen LogP contribution < -0.4 is 0 Å². The van der Waals surface area contributed by atoms with Crippen LogP contribution >= 0.6 is 0 Å². The van der Waals surface area contributed by atoms with E-state index < -0.39 is 0 Å². The summed E-state index contributed by atoms with van der Waals surface area (Å²) in [6.07, 6.45) is 0. The highest BCUT2D eigenvalue weighted by atomic mass is 16.3. The minimum Gasteiger partial charge on any atom is -0.454 e. The summed E-state index contributed by atoms with van der Waals surface area (Å²) in [7, 11) is 0. The smallest absolute Gasteiger partial charge is 0.164 e. The average Bonchev–Trinajstić information content (AvgIpc) is 3.85. The Morgan fingerprint density at radius 3 is 1.71 bits per heavy atom. The van der Waals surface area contributed by atoms with Crippen LogP contribution in [0.1, 0.15) is 0 Å². The number of para-hydroxylation sites is 1. The zero-order valence-corrected chi connectivity index (χ0v) is 31.2. The SMILES string of the molecule is c1ccc(-c2nc(-c3ccccc3)nc(-c3cccc4oc5c(-n6c7ccccc7c7c8ccccc8ccc76)cc(-c6cccc7ccccc67)cc5c34)n2)cc1. The van der Waals surface area contributed by atoms with Crippen LogP contribution in [0.15, 0.2) is 199 Å². The highest BCUT2D eigenvalue weighted by molar-refractivity contribution is 6.23. The lowest BCUT2D eigenvalue weighted by Crippen LogP contribution is -2.00. The summed E-state index contributed by atoms with van der Waals surface area (Å²) >= 11 is 0. The number of hydrogen-bond acceptors (Lipinski definition) is 4. The van der Waals surface area contributed by atoms with Gasteiger partial charge < -0.3 is 8.98 Å². The van der Waals surface area contributed by atoms with Crippen molar-refractivity contribution in [3.8, 4) is 51.0 Å². The summed E-state index contributed by atoms with van der Waals surface area (Å²) in [6, 6.07) is 68.0. The number of hydrogen-bond donors (Lipinski definition) is 0. The third-order valence-corrected chi connectivity index (χ3v) is 11.4. The molecular weight excluding hydrogens is 709 g/mol. The number of nitrogens with zero attached hydrogens (tertiary/aromatic N) is 4. The second-order valence-electron chi connectivity index (χ2n) is 14.8. The number of furan rings is 1. The van der Waals surface area contributed by atoms with Gasteiger partial charge in [0.2, 0.25) is 0 Å². The van der Waals surface area contributed by atoms with Crippen LogP contribution in [0.5, 0.6) is 0 Å². The molecule has 0 saturated carbocycles. The van der Waals surface area contributed by atoms with E-state index in [1.807, 2.05) is 66.7 Å². The van der Waals surface area contributed by atoms with Crippen LogP contribution in [0.25, 0.3) is 116 Å². The molecule has 0 amide bonds. The summed E-state index contributed by atoms with van der Waals surface area (Å²) in [6.45, 7) is 0. The van der Waals surface area contributed by atoms with E-state index in [0.717, 1.165) is 66.5 Å². The Balaban J connectivity index is 1.21. The molecule has 0 bridgehead atoms. The zero-order valence-electron chi connectivity index (χ0n) is 31.2. The number of fused-ring (bicyclic) bond motifs is 9. The van der Waals surface area contributed by atoms with Crippen molar-refractivity contribution in [2.75, 3.05) is 0 Å². The van der Waals surface area contributed by atoms with Crippen molar-refractivity contribution in [3.63, 3.8) is 0 Å². The van der Waals surface area contributed by atoms with Gasteiger partial charge in [-0.1, -0.05) is 164 Å². The largest absolute Gasteiger partial charge is 0.454 e. The maximum Gasteiger partial charge on any atom is 0.164 e. The third kappa shape index (κ3) is 5.00. The van der Waals surface area contributed by atoms with Crippen LogP contribution in [0.4, 0.5) is 0 Å². The highest BCUT2D eigenvalue weighted by Gasteiger charge is 2.24. The molecule has 12 aromatic rings. The molecule has 5 nitrogen and oxygen atoms in total. The van der Waals surface area contributed by atoms with E-state index in [0.29, 0.717) is 17.5 Å². The van der Waals surface area contributed by atoms with Crippen LogP contribution in [0.3, 0.4) is 0 Å². The topological polar surface area (TPSA) is 56.7 Å². The third-order valence-electron chi connectivity index (χ3n) is 11.4. The van der Waals surface area contributed by atoms with Crippen molar-refractivity contribution in [1.82, 2.24) is 19.5 Å². The van der Waals surface area contributed by atoms with Crippen molar-refractivity contribution in [3.05, 3.63) is 194 Å². The maximum atomic E-state index is 7.07. The Kier molecular flexibility index (Phi) is 7.16. The highest BCUT2D eigenvalue weighted by Crippen LogP contribution is 2.45. The normalized spacial score (nSPS) is 11.8. The molecule has 3 aromatic heterocycles. The summed E-state index contributed by atoms with van der Waals surface area (Å²) in [5.41, 5.74) is 9.72. The van der Waals surface area contributed by atoms with E-state index in [-0.39, 0.29) is 0 Å². The van der Waals surface area contributed by atoms with E-state index in [1.54, 1.807) is 0 Å². The average molecular weight is 741 g/mol. The molecule has 270 valence electrons. The standard InChI is InChI=1S/C53H32N4O/c1-3-17-35(18-4-1)51-54-52(36-19-5-2-6-20-36)56-53(55-51)42-26-14-28-47-49(42)43-31-37(39-25-13-21-33-15-7-9-22-38(33)39)32-46(50(43)58-47)57-44-27-12-11-24-41(44)48-40-23-10-8-16-34(40)29-30-45(48)57/h1-32H. The minimum atomic E-state index is 0.585. The molecule has 0 radical (unpaired) electrons. The molecular formula is C53H32N4O. The van der Waals surface area contributed by atoms with Crippen LogP contribution in [0.2, 0.25) is 0 Å². The lowest BCUT2D eigenvalue weighted by atomic mass is 9.95. The van der Waals surface area contributed by atoms with Crippen LogP contribution in [-0.2, 0) is 0 Å². The first kappa shape index (κ1) is 32.4. The van der Waals surface area contributed by atoms with Gasteiger partial charge in [-0.15, -0.1) is 0 Å². The predicted molar refractivity (Wildman–Crippen MR) is 238 cm³/mol. The first-order chi connectivity index (χ1) is 28.8. The van der Waals surface area contributed by atoms with E-state index >= 15 is 0 Å². The molecule has 0 unspecified atom stereocenters. The molecule has 0 spiro atoms. The van der Waals surface area contributed by atoms with Gasteiger partial charge in [-0.2, -0.15) is 0 Å². The fourth-order valence-corrected chi connectivity index (χ4v) is 8.82. The van der Waals surface area contributed by atoms with Gasteiger partial charge in [-0.3, -0.25) is 0 Å². The Morgan fingerprint density at radius 1 is 0.362 bits per heavy atom. The quantitative estimate of drug-likeness (QED) is 0.176. The van der Waals surface area contributed by atoms with Crippen molar-refractivity contribution in [2.24, 2.45) is 0 Å². The fourth-order valence-electron chi connectivity index (χ4n) is 8.82. The summed E-state index contributed by atoms with van der Waals surface area (Å²) in [5, 5.41) is 9.17. The molecule has 0 N–H and O–H groups in total. The van der Waals surface area contributed by atoms with Crippen molar-refractivity contribution in [1.29, 1.82) is 0 Å². The van der Waals surface area contributed by atoms with Crippen LogP contribution in [-0.4, -0.2) is 19.5 Å². The molecule has 0 saturated heterocycles. The molecule has 0 fully saturated rings. The van der Waals surface area contributed by atoms with E-state index in [9.17, 15) is 0 Å². The molecule has 0 aliphatic rings. The van der Waals surface area contributed by atoms with Gasteiger partial charge in [0, 0.05) is 38.2 Å². The monoisotopic (exact) mass is 740 g/mol.